The number of hydrogen-bond donors (Lipinski definition) is 1. The number of piperidine rings is 1. The van der Waals surface area contributed by atoms with Gasteiger partial charge in [0.25, 0.3) is 0 Å². The lowest BCUT2D eigenvalue weighted by molar-refractivity contribution is 0.326. The molecule has 3 heteroatoms. The van der Waals surface area contributed by atoms with Crippen LogP contribution in [0.2, 0.25) is 0 Å². The van der Waals surface area contributed by atoms with Crippen LogP contribution in [0, 0.1) is 0 Å². The number of fused-ring (bicyclic) bond motifs is 1. The fourth-order valence-corrected chi connectivity index (χ4v) is 3.91. The Balaban J connectivity index is 1.51. The molecule has 3 unspecified atom stereocenters. The molecule has 0 amide bonds. The average Bonchev–Trinajstić information content (AvgIpc) is 2.93. The molecular formula is C18H23N3. The maximum absolute atomic E-state index is 4.41. The molecule has 0 spiro atoms. The Labute approximate surface area is 126 Å². The predicted molar refractivity (Wildman–Crippen MR) is 84.3 cm³/mol. The summed E-state index contributed by atoms with van der Waals surface area (Å²) < 4.78 is 2.37. The maximum Gasteiger partial charge on any atom is 0.0948 e. The van der Waals surface area contributed by atoms with Gasteiger partial charge in [-0.25, -0.2) is 4.98 Å². The summed E-state index contributed by atoms with van der Waals surface area (Å²) in [7, 11) is 0. The van der Waals surface area contributed by atoms with Crippen LogP contribution in [-0.4, -0.2) is 15.6 Å². The zero-order chi connectivity index (χ0) is 14.2. The molecule has 0 radical (unpaired) electrons. The minimum absolute atomic E-state index is 0.478. The molecule has 0 saturated carbocycles. The Morgan fingerprint density at radius 2 is 2.19 bits per heavy atom. The van der Waals surface area contributed by atoms with Crippen molar-refractivity contribution < 1.29 is 0 Å². The van der Waals surface area contributed by atoms with E-state index in [-0.39, 0.29) is 0 Å². The van der Waals surface area contributed by atoms with Gasteiger partial charge in [-0.05, 0) is 43.7 Å². The summed E-state index contributed by atoms with van der Waals surface area (Å²) in [4.78, 5) is 4.41. The van der Waals surface area contributed by atoms with Crippen molar-refractivity contribution >= 4 is 0 Å². The van der Waals surface area contributed by atoms with E-state index in [1.54, 1.807) is 0 Å². The lowest BCUT2D eigenvalue weighted by Gasteiger charge is -2.33. The van der Waals surface area contributed by atoms with E-state index in [0.29, 0.717) is 18.0 Å². The van der Waals surface area contributed by atoms with Crippen molar-refractivity contribution in [3.05, 3.63) is 53.6 Å². The van der Waals surface area contributed by atoms with Gasteiger partial charge in [-0.15, -0.1) is 0 Å². The Bertz CT molecular complexity index is 631. The Hall–Kier alpha value is -1.61. The number of hydrogen-bond acceptors (Lipinski definition) is 2. The van der Waals surface area contributed by atoms with Crippen LogP contribution >= 0.6 is 0 Å². The lowest BCUT2D eigenvalue weighted by Crippen LogP contribution is -2.36. The van der Waals surface area contributed by atoms with Crippen LogP contribution in [0.15, 0.2) is 36.8 Å². The highest BCUT2D eigenvalue weighted by Crippen LogP contribution is 2.36. The summed E-state index contributed by atoms with van der Waals surface area (Å²) in [5.41, 5.74) is 4.42. The first-order chi connectivity index (χ1) is 10.3. The van der Waals surface area contributed by atoms with Crippen LogP contribution in [-0.2, 0) is 13.0 Å². The topological polar surface area (TPSA) is 29.9 Å². The number of nitrogens with zero attached hydrogens (tertiary/aromatic N) is 2. The molecule has 3 nitrogen and oxygen atoms in total. The molecule has 1 aliphatic heterocycles. The van der Waals surface area contributed by atoms with E-state index >= 15 is 0 Å². The second-order valence-corrected chi connectivity index (χ2v) is 6.62. The van der Waals surface area contributed by atoms with E-state index in [1.165, 1.54) is 42.5 Å². The molecule has 2 heterocycles. The predicted octanol–water partition coefficient (Wildman–Crippen LogP) is 3.43. The largest absolute Gasteiger partial charge is 0.333 e. The molecule has 1 aromatic heterocycles. The van der Waals surface area contributed by atoms with E-state index < -0.39 is 0 Å². The third-order valence-electron chi connectivity index (χ3n) is 5.10. The normalized spacial score (nSPS) is 28.0. The van der Waals surface area contributed by atoms with E-state index in [9.17, 15) is 0 Å². The van der Waals surface area contributed by atoms with Gasteiger partial charge < -0.3 is 9.88 Å². The second kappa shape index (κ2) is 5.30. The quantitative estimate of drug-likeness (QED) is 0.934. The SMILES string of the molecule is CC1CCCC(c2cncn2CC2Cc3ccccc32)N1. The number of benzene rings is 1. The van der Waals surface area contributed by atoms with Crippen LogP contribution in [0.25, 0.3) is 0 Å². The van der Waals surface area contributed by atoms with E-state index in [0.717, 1.165) is 6.54 Å². The summed E-state index contributed by atoms with van der Waals surface area (Å²) in [6.07, 6.45) is 9.12. The van der Waals surface area contributed by atoms with Crippen molar-refractivity contribution in [1.82, 2.24) is 14.9 Å². The molecule has 110 valence electrons. The third kappa shape index (κ3) is 2.40. The molecule has 1 saturated heterocycles. The molecule has 1 aromatic carbocycles. The fraction of sp³-hybridized carbons (Fsp3) is 0.500. The van der Waals surface area contributed by atoms with E-state index in [2.05, 4.69) is 52.3 Å². The average molecular weight is 281 g/mol. The highest BCUT2D eigenvalue weighted by molar-refractivity contribution is 5.39. The summed E-state index contributed by atoms with van der Waals surface area (Å²) in [6, 6.07) is 9.93. The zero-order valence-corrected chi connectivity index (χ0v) is 12.6. The van der Waals surface area contributed by atoms with Crippen molar-refractivity contribution in [2.75, 3.05) is 0 Å². The lowest BCUT2D eigenvalue weighted by atomic mass is 9.77. The van der Waals surface area contributed by atoms with Crippen LogP contribution in [0.5, 0.6) is 0 Å². The van der Waals surface area contributed by atoms with Gasteiger partial charge in [-0.2, -0.15) is 0 Å². The molecule has 21 heavy (non-hydrogen) atoms. The first-order valence-electron chi connectivity index (χ1n) is 8.15. The Morgan fingerprint density at radius 1 is 1.29 bits per heavy atom. The first kappa shape index (κ1) is 13.1. The van der Waals surface area contributed by atoms with Gasteiger partial charge in [0.2, 0.25) is 0 Å². The number of rotatable bonds is 3. The van der Waals surface area contributed by atoms with E-state index in [4.69, 9.17) is 0 Å². The molecule has 4 rings (SSSR count). The second-order valence-electron chi connectivity index (χ2n) is 6.62. The monoisotopic (exact) mass is 281 g/mol. The van der Waals surface area contributed by atoms with Crippen molar-refractivity contribution in [2.45, 2.75) is 57.2 Å². The standard InChI is InChI=1S/C18H23N3/c1-13-5-4-8-17(20-13)18-10-19-12-21(18)11-15-9-14-6-2-3-7-16(14)15/h2-3,6-7,10,12-13,15,17,20H,4-5,8-9,11H2,1H3. The maximum atomic E-state index is 4.41. The number of aromatic nitrogens is 2. The van der Waals surface area contributed by atoms with Crippen molar-refractivity contribution in [1.29, 1.82) is 0 Å². The van der Waals surface area contributed by atoms with Gasteiger partial charge in [0, 0.05) is 30.7 Å². The van der Waals surface area contributed by atoms with Gasteiger partial charge in [0.05, 0.1) is 12.0 Å². The Kier molecular flexibility index (Phi) is 3.30. The van der Waals surface area contributed by atoms with Crippen molar-refractivity contribution in [3.8, 4) is 0 Å². The molecule has 0 bridgehead atoms. The van der Waals surface area contributed by atoms with Crippen LogP contribution in [0.1, 0.15) is 55.0 Å². The molecule has 3 atom stereocenters. The minimum atomic E-state index is 0.478. The first-order valence-corrected chi connectivity index (χ1v) is 8.15. The Morgan fingerprint density at radius 3 is 3.05 bits per heavy atom. The molecule has 1 fully saturated rings. The summed E-state index contributed by atoms with van der Waals surface area (Å²) in [6.45, 7) is 3.36. The summed E-state index contributed by atoms with van der Waals surface area (Å²) in [5, 5.41) is 3.73. The van der Waals surface area contributed by atoms with E-state index in [1.807, 2.05) is 6.33 Å². The fourth-order valence-electron chi connectivity index (χ4n) is 3.91. The highest BCUT2D eigenvalue weighted by atomic mass is 15.1. The number of imidazole rings is 1. The van der Waals surface area contributed by atoms with Crippen molar-refractivity contribution in [3.63, 3.8) is 0 Å². The smallest absolute Gasteiger partial charge is 0.0948 e. The molecular weight excluding hydrogens is 258 g/mol. The summed E-state index contributed by atoms with van der Waals surface area (Å²) in [5.74, 6) is 0.662. The van der Waals surface area contributed by atoms with Gasteiger partial charge in [0.1, 0.15) is 0 Å². The molecule has 1 N–H and O–H groups in total. The third-order valence-corrected chi connectivity index (χ3v) is 5.10. The summed E-state index contributed by atoms with van der Waals surface area (Å²) >= 11 is 0. The van der Waals surface area contributed by atoms with Gasteiger partial charge in [-0.3, -0.25) is 0 Å². The highest BCUT2D eigenvalue weighted by Gasteiger charge is 2.28. The van der Waals surface area contributed by atoms with Crippen LogP contribution in [0.4, 0.5) is 0 Å². The minimum Gasteiger partial charge on any atom is -0.333 e. The van der Waals surface area contributed by atoms with Gasteiger partial charge in [-0.1, -0.05) is 24.3 Å². The zero-order valence-electron chi connectivity index (χ0n) is 12.6. The van der Waals surface area contributed by atoms with Crippen molar-refractivity contribution in [2.24, 2.45) is 0 Å². The molecule has 2 aromatic rings. The van der Waals surface area contributed by atoms with Crippen LogP contribution < -0.4 is 5.32 Å². The number of nitrogens with one attached hydrogen (secondary N) is 1. The van der Waals surface area contributed by atoms with Gasteiger partial charge >= 0.3 is 0 Å². The molecule has 2 aliphatic rings. The molecule has 1 aliphatic carbocycles. The van der Waals surface area contributed by atoms with Crippen LogP contribution in [0.3, 0.4) is 0 Å². The van der Waals surface area contributed by atoms with Gasteiger partial charge in [0.15, 0.2) is 0 Å².